The van der Waals surface area contributed by atoms with Crippen LogP contribution in [0.25, 0.3) is 55.1 Å². The zero-order valence-corrected chi connectivity index (χ0v) is 37.6. The Morgan fingerprint density at radius 1 is 0.615 bits per heavy atom. The van der Waals surface area contributed by atoms with Gasteiger partial charge >= 0.3 is 53.5 Å². The molecule has 0 bridgehead atoms. The van der Waals surface area contributed by atoms with Crippen LogP contribution in [-0.4, -0.2) is 5.43 Å². The van der Waals surface area contributed by atoms with E-state index in [2.05, 4.69) is 172 Å². The minimum absolute atomic E-state index is 0.171. The molecule has 1 heterocycles. The Balaban J connectivity index is 0.000000178. The van der Waals surface area contributed by atoms with Gasteiger partial charge in [0.1, 0.15) is 0 Å². The minimum Gasteiger partial charge on any atom is -0.496 e. The molecule has 7 rings (SSSR count). The maximum atomic E-state index is 5.83. The van der Waals surface area contributed by atoms with E-state index in [0.717, 1.165) is 17.1 Å². The maximum absolute atomic E-state index is 5.83. The molecule has 0 unspecified atom stereocenters. The third-order valence-electron chi connectivity index (χ3n) is 9.50. The Labute approximate surface area is 327 Å². The number of hydrogen-bond donors (Lipinski definition) is 0. The van der Waals surface area contributed by atoms with Gasteiger partial charge in [0.2, 0.25) is 0 Å². The van der Waals surface area contributed by atoms with Crippen molar-refractivity contribution >= 4 is 44.0 Å². The van der Waals surface area contributed by atoms with Crippen molar-refractivity contribution in [2.75, 3.05) is 0 Å². The molecule has 0 fully saturated rings. The monoisotopic (exact) mass is 820 g/mol. The van der Waals surface area contributed by atoms with Crippen LogP contribution in [0.15, 0.2) is 120 Å². The van der Waals surface area contributed by atoms with E-state index in [0.29, 0.717) is 0 Å². The summed E-state index contributed by atoms with van der Waals surface area (Å²) in [6.07, 6.45) is 0. The number of benzene rings is 4. The molecule has 7 aromatic rings. The molecule has 1 nitrogen and oxygen atoms in total. The Kier molecular flexibility index (Phi) is 12.9. The van der Waals surface area contributed by atoms with Gasteiger partial charge in [-0.3, -0.25) is 0 Å². The standard InChI is InChI=1S/C25H25O.C20H21.C2H6Si.2ClH.Zr/c1-16-6-8-19-14-20(23-13-7-17(2)26-23)15-22(19)24(16)18-9-11-21(12-10-18)25(3,4)5;1-14-12-16-6-5-7-18(19(16)13-14)15-8-10-17(11-9-15)20(2,3)4;1-3-2;;;/h6-15H,1-5H3;5-13H,1-4H3;1-2H3;2*1H;/q2*-1;;;;+2/p-2. The SMILES string of the molecule is C[Si](C)=[Zr]([Cl])[Cl].Cc1cc2c(-c3ccc(C(C)(C)C)cc3)cccc2[cH-]1.Cc1ccc(-c2cc3c(-c4ccc(C(C)(C)C)cc4)c(C)ccc3[cH-]2)o1. The van der Waals surface area contributed by atoms with Crippen molar-refractivity contribution in [1.29, 1.82) is 0 Å². The van der Waals surface area contributed by atoms with Crippen molar-refractivity contribution in [3.8, 4) is 33.6 Å². The molecule has 1 aromatic heterocycles. The van der Waals surface area contributed by atoms with Gasteiger partial charge in [-0.05, 0) is 64.6 Å². The summed E-state index contributed by atoms with van der Waals surface area (Å²) in [7, 11) is 11.2. The number of halogens is 2. The fourth-order valence-corrected chi connectivity index (χ4v) is 6.43. The topological polar surface area (TPSA) is 13.1 Å². The zero-order chi connectivity index (χ0) is 38.0. The molecule has 0 spiro atoms. The molecule has 270 valence electrons. The summed E-state index contributed by atoms with van der Waals surface area (Å²) >= 11 is -1.65. The predicted molar refractivity (Wildman–Crippen MR) is 228 cm³/mol. The molecule has 0 N–H and O–H groups in total. The second-order valence-electron chi connectivity index (χ2n) is 16.2. The van der Waals surface area contributed by atoms with Gasteiger partial charge in [0.15, 0.2) is 0 Å². The first-order chi connectivity index (χ1) is 24.4. The third kappa shape index (κ3) is 9.78. The van der Waals surface area contributed by atoms with Crippen molar-refractivity contribution < 1.29 is 22.4 Å². The largest absolute Gasteiger partial charge is 0.496 e. The fraction of sp³-hybridized carbons (Fsp3) is 0.277. The molecule has 0 amide bonds. The van der Waals surface area contributed by atoms with Gasteiger partial charge < -0.3 is 4.42 Å². The number of rotatable bonds is 3. The summed E-state index contributed by atoms with van der Waals surface area (Å²) in [5, 5.41) is 5.24. The third-order valence-corrected chi connectivity index (χ3v) is 29.2. The molecular weight excluding hydrogens is 771 g/mol. The Morgan fingerprint density at radius 3 is 1.69 bits per heavy atom. The molecule has 0 aliphatic heterocycles. The second-order valence-corrected chi connectivity index (χ2v) is 39.2. The molecule has 6 aromatic carbocycles. The maximum Gasteiger partial charge on any atom is 0.0896 e. The first-order valence-corrected chi connectivity index (χ1v) is 30.6. The predicted octanol–water partition coefficient (Wildman–Crippen LogP) is 15.4. The van der Waals surface area contributed by atoms with E-state index in [-0.39, 0.29) is 16.3 Å². The van der Waals surface area contributed by atoms with Gasteiger partial charge in [0.25, 0.3) is 0 Å². The van der Waals surface area contributed by atoms with E-state index in [1.807, 2.05) is 19.1 Å². The Bertz CT molecular complexity index is 2300. The van der Waals surface area contributed by atoms with Gasteiger partial charge in [0.05, 0.1) is 11.5 Å². The van der Waals surface area contributed by atoms with Crippen LogP contribution in [0.4, 0.5) is 0 Å². The Morgan fingerprint density at radius 2 is 1.17 bits per heavy atom. The van der Waals surface area contributed by atoms with Crippen molar-refractivity contribution in [3.05, 3.63) is 143 Å². The molecule has 0 radical (unpaired) electrons. The van der Waals surface area contributed by atoms with Gasteiger partial charge in [-0.2, -0.15) is 6.07 Å². The zero-order valence-electron chi connectivity index (χ0n) is 32.6. The van der Waals surface area contributed by atoms with Gasteiger partial charge in [-0.1, -0.05) is 126 Å². The number of aryl methyl sites for hydroxylation is 3. The Hall–Kier alpha value is -2.94. The second kappa shape index (κ2) is 16.6. The van der Waals surface area contributed by atoms with Crippen LogP contribution in [0.3, 0.4) is 0 Å². The van der Waals surface area contributed by atoms with E-state index in [9.17, 15) is 0 Å². The van der Waals surface area contributed by atoms with E-state index < -0.39 is 18.0 Å². The molecule has 0 aliphatic carbocycles. The van der Waals surface area contributed by atoms with Crippen LogP contribution in [0.1, 0.15) is 69.6 Å². The first kappa shape index (κ1) is 40.2. The average Bonchev–Trinajstić information content (AvgIpc) is 3.82. The van der Waals surface area contributed by atoms with E-state index >= 15 is 0 Å². The number of furan rings is 1. The molecule has 0 atom stereocenters. The summed E-state index contributed by atoms with van der Waals surface area (Å²) in [5.74, 6) is 1.88. The molecule has 0 aliphatic rings. The molecule has 0 saturated carbocycles. The van der Waals surface area contributed by atoms with E-state index in [1.54, 1.807) is 0 Å². The molecule has 52 heavy (non-hydrogen) atoms. The quantitative estimate of drug-likeness (QED) is 0.128. The van der Waals surface area contributed by atoms with Crippen molar-refractivity contribution in [2.45, 2.75) is 86.2 Å². The average molecular weight is 823 g/mol. The molecular formula is C47H52Cl2OSiZr-2. The number of hydrogen-bond acceptors (Lipinski definition) is 1. The van der Waals surface area contributed by atoms with Crippen LogP contribution < -0.4 is 0 Å². The van der Waals surface area contributed by atoms with E-state index in [4.69, 9.17) is 21.4 Å². The summed E-state index contributed by atoms with van der Waals surface area (Å²) in [5.41, 5.74) is 11.9. The van der Waals surface area contributed by atoms with Crippen LogP contribution in [-0.2, 0) is 28.8 Å². The van der Waals surface area contributed by atoms with Crippen molar-refractivity contribution in [1.82, 2.24) is 0 Å². The molecule has 0 saturated heterocycles. The van der Waals surface area contributed by atoms with Crippen LogP contribution in [0.2, 0.25) is 13.1 Å². The fourth-order valence-electron chi connectivity index (χ4n) is 6.43. The molecule has 5 heteroatoms. The minimum atomic E-state index is -1.65. The smallest absolute Gasteiger partial charge is 0.0896 e. The van der Waals surface area contributed by atoms with Gasteiger partial charge in [-0.15, -0.1) is 63.5 Å². The van der Waals surface area contributed by atoms with Gasteiger partial charge in [0, 0.05) is 0 Å². The summed E-state index contributed by atoms with van der Waals surface area (Å²) in [6.45, 7) is 24.2. The summed E-state index contributed by atoms with van der Waals surface area (Å²) in [4.78, 5) is 0. The first-order valence-electron chi connectivity index (χ1n) is 18.1. The van der Waals surface area contributed by atoms with Crippen LogP contribution in [0, 0.1) is 20.8 Å². The summed E-state index contributed by atoms with van der Waals surface area (Å²) < 4.78 is 5.83. The van der Waals surface area contributed by atoms with Crippen LogP contribution >= 0.6 is 17.0 Å². The van der Waals surface area contributed by atoms with E-state index in [1.165, 1.54) is 66.1 Å². The number of fused-ring (bicyclic) bond motifs is 2. The van der Waals surface area contributed by atoms with Crippen molar-refractivity contribution in [3.63, 3.8) is 0 Å². The normalized spacial score (nSPS) is 11.6. The van der Waals surface area contributed by atoms with Gasteiger partial charge in [-0.25, -0.2) is 0 Å². The van der Waals surface area contributed by atoms with Crippen LogP contribution in [0.5, 0.6) is 0 Å². The summed E-state index contributed by atoms with van der Waals surface area (Å²) in [6, 6.07) is 42.1. The van der Waals surface area contributed by atoms with Crippen molar-refractivity contribution in [2.24, 2.45) is 0 Å².